The maximum atomic E-state index is 6.03. The number of benzene rings is 1. The molecule has 0 unspecified atom stereocenters. The number of hydrogen-bond acceptors (Lipinski definition) is 1. The highest BCUT2D eigenvalue weighted by molar-refractivity contribution is 6.30. The van der Waals surface area contributed by atoms with Gasteiger partial charge in [0.1, 0.15) is 0 Å². The molecular formula is C14H14ClN. The Labute approximate surface area is 101 Å². The number of halogens is 1. The van der Waals surface area contributed by atoms with Crippen molar-refractivity contribution in [3.05, 3.63) is 52.7 Å². The number of aryl methyl sites for hydroxylation is 2. The van der Waals surface area contributed by atoms with Gasteiger partial charge < -0.3 is 0 Å². The Hall–Kier alpha value is -1.34. The Kier molecular flexibility index (Phi) is 3.25. The van der Waals surface area contributed by atoms with Crippen molar-refractivity contribution in [2.45, 2.75) is 20.3 Å². The van der Waals surface area contributed by atoms with Gasteiger partial charge >= 0.3 is 0 Å². The Balaban J connectivity index is 2.42. The van der Waals surface area contributed by atoms with Crippen LogP contribution in [0.2, 0.25) is 5.02 Å². The average Bonchev–Trinajstić information content (AvgIpc) is 2.28. The van der Waals surface area contributed by atoms with E-state index in [9.17, 15) is 0 Å². The first-order valence-electron chi connectivity index (χ1n) is 5.41. The van der Waals surface area contributed by atoms with Gasteiger partial charge in [0.05, 0.1) is 5.69 Å². The van der Waals surface area contributed by atoms with Crippen molar-refractivity contribution in [1.82, 2.24) is 4.98 Å². The molecule has 0 fully saturated rings. The lowest BCUT2D eigenvalue weighted by Gasteiger charge is -2.04. The van der Waals surface area contributed by atoms with Crippen molar-refractivity contribution in [1.29, 1.82) is 0 Å². The van der Waals surface area contributed by atoms with Crippen molar-refractivity contribution >= 4 is 11.6 Å². The molecule has 0 aliphatic rings. The third-order valence-electron chi connectivity index (χ3n) is 2.57. The predicted molar refractivity (Wildman–Crippen MR) is 68.8 cm³/mol. The lowest BCUT2D eigenvalue weighted by atomic mass is 10.1. The first-order chi connectivity index (χ1) is 7.69. The van der Waals surface area contributed by atoms with Crippen molar-refractivity contribution < 1.29 is 0 Å². The van der Waals surface area contributed by atoms with Gasteiger partial charge in [0.15, 0.2) is 0 Å². The van der Waals surface area contributed by atoms with Crippen LogP contribution in [0.3, 0.4) is 0 Å². The summed E-state index contributed by atoms with van der Waals surface area (Å²) in [6.07, 6.45) is 2.94. The van der Waals surface area contributed by atoms with Crippen LogP contribution in [-0.2, 0) is 6.42 Å². The Morgan fingerprint density at radius 3 is 2.56 bits per heavy atom. The molecule has 82 valence electrons. The molecule has 0 radical (unpaired) electrons. The first-order valence-corrected chi connectivity index (χ1v) is 5.79. The smallest absolute Gasteiger partial charge is 0.0702 e. The van der Waals surface area contributed by atoms with Crippen molar-refractivity contribution in [2.75, 3.05) is 0 Å². The van der Waals surface area contributed by atoms with Crippen molar-refractivity contribution in [3.8, 4) is 11.3 Å². The number of pyridine rings is 1. The molecule has 1 heterocycles. The molecule has 0 saturated heterocycles. The van der Waals surface area contributed by atoms with E-state index in [1.165, 1.54) is 5.56 Å². The molecule has 2 heteroatoms. The molecule has 0 atom stereocenters. The van der Waals surface area contributed by atoms with Gasteiger partial charge in [-0.1, -0.05) is 24.6 Å². The SMILES string of the molecule is CCc1ccc(-c2cc(C)cc(Cl)c2)nc1. The van der Waals surface area contributed by atoms with Crippen LogP contribution in [0.5, 0.6) is 0 Å². The van der Waals surface area contributed by atoms with Gasteiger partial charge in [-0.2, -0.15) is 0 Å². The topological polar surface area (TPSA) is 12.9 Å². The number of hydrogen-bond donors (Lipinski definition) is 0. The highest BCUT2D eigenvalue weighted by Gasteiger charge is 2.01. The molecule has 0 spiro atoms. The Morgan fingerprint density at radius 1 is 1.19 bits per heavy atom. The molecule has 0 saturated carbocycles. The third kappa shape index (κ3) is 2.42. The van der Waals surface area contributed by atoms with E-state index in [1.54, 1.807) is 0 Å². The molecule has 1 aromatic carbocycles. The molecule has 16 heavy (non-hydrogen) atoms. The molecule has 0 amide bonds. The van der Waals surface area contributed by atoms with Gasteiger partial charge in [-0.3, -0.25) is 4.98 Å². The van der Waals surface area contributed by atoms with Crippen molar-refractivity contribution in [2.24, 2.45) is 0 Å². The zero-order chi connectivity index (χ0) is 11.5. The number of aromatic nitrogens is 1. The van der Waals surface area contributed by atoms with E-state index in [-0.39, 0.29) is 0 Å². The van der Waals surface area contributed by atoms with Crippen molar-refractivity contribution in [3.63, 3.8) is 0 Å². The number of nitrogens with zero attached hydrogens (tertiary/aromatic N) is 1. The van der Waals surface area contributed by atoms with Crippen LogP contribution >= 0.6 is 11.6 Å². The quantitative estimate of drug-likeness (QED) is 0.752. The highest BCUT2D eigenvalue weighted by atomic mass is 35.5. The average molecular weight is 232 g/mol. The summed E-state index contributed by atoms with van der Waals surface area (Å²) < 4.78 is 0. The van der Waals surface area contributed by atoms with Crippen LogP contribution in [-0.4, -0.2) is 4.98 Å². The molecule has 2 rings (SSSR count). The van der Waals surface area contributed by atoms with Crippen LogP contribution in [0.4, 0.5) is 0 Å². The van der Waals surface area contributed by atoms with E-state index in [4.69, 9.17) is 11.6 Å². The second kappa shape index (κ2) is 4.67. The zero-order valence-corrected chi connectivity index (χ0v) is 10.3. The summed E-state index contributed by atoms with van der Waals surface area (Å²) in [6.45, 7) is 4.16. The second-order valence-electron chi connectivity index (χ2n) is 3.92. The fourth-order valence-corrected chi connectivity index (χ4v) is 1.98. The molecule has 0 aliphatic carbocycles. The second-order valence-corrected chi connectivity index (χ2v) is 4.36. The minimum Gasteiger partial charge on any atom is -0.256 e. The predicted octanol–water partition coefficient (Wildman–Crippen LogP) is 4.27. The van der Waals surface area contributed by atoms with E-state index in [0.29, 0.717) is 0 Å². The summed E-state index contributed by atoms with van der Waals surface area (Å²) in [7, 11) is 0. The summed E-state index contributed by atoms with van der Waals surface area (Å²) in [5.41, 5.74) is 4.46. The van der Waals surface area contributed by atoms with E-state index < -0.39 is 0 Å². The monoisotopic (exact) mass is 231 g/mol. The molecular weight excluding hydrogens is 218 g/mol. The maximum Gasteiger partial charge on any atom is 0.0702 e. The summed E-state index contributed by atoms with van der Waals surface area (Å²) in [5, 5.41) is 0.761. The Bertz CT molecular complexity index is 468. The standard InChI is InChI=1S/C14H14ClN/c1-3-11-4-5-14(16-9-11)12-6-10(2)7-13(15)8-12/h4-9H,3H2,1-2H3. The fraction of sp³-hybridized carbons (Fsp3) is 0.214. The van der Waals surface area contributed by atoms with Crippen LogP contribution in [0.25, 0.3) is 11.3 Å². The van der Waals surface area contributed by atoms with Gasteiger partial charge in [-0.25, -0.2) is 0 Å². The lowest BCUT2D eigenvalue weighted by Crippen LogP contribution is -1.87. The van der Waals surface area contributed by atoms with Gasteiger partial charge in [0.2, 0.25) is 0 Å². The minimum atomic E-state index is 0.761. The van der Waals surface area contributed by atoms with E-state index in [1.807, 2.05) is 31.3 Å². The third-order valence-corrected chi connectivity index (χ3v) is 2.79. The number of rotatable bonds is 2. The van der Waals surface area contributed by atoms with Gasteiger partial charge in [0, 0.05) is 16.8 Å². The molecule has 0 N–H and O–H groups in total. The van der Waals surface area contributed by atoms with Gasteiger partial charge in [0.25, 0.3) is 0 Å². The molecule has 1 aromatic heterocycles. The highest BCUT2D eigenvalue weighted by Crippen LogP contribution is 2.23. The van der Waals surface area contributed by atoms with Crippen LogP contribution in [0.1, 0.15) is 18.1 Å². The largest absolute Gasteiger partial charge is 0.256 e. The van der Waals surface area contributed by atoms with Gasteiger partial charge in [-0.05, 0) is 48.7 Å². The molecule has 0 bridgehead atoms. The summed E-state index contributed by atoms with van der Waals surface area (Å²) >= 11 is 6.03. The minimum absolute atomic E-state index is 0.761. The lowest BCUT2D eigenvalue weighted by molar-refractivity contribution is 1.11. The Morgan fingerprint density at radius 2 is 2.00 bits per heavy atom. The van der Waals surface area contributed by atoms with Gasteiger partial charge in [-0.15, -0.1) is 0 Å². The summed E-state index contributed by atoms with van der Waals surface area (Å²) in [5.74, 6) is 0. The van der Waals surface area contributed by atoms with E-state index >= 15 is 0 Å². The molecule has 1 nitrogen and oxygen atoms in total. The zero-order valence-electron chi connectivity index (χ0n) is 9.50. The van der Waals surface area contributed by atoms with Crippen LogP contribution in [0.15, 0.2) is 36.5 Å². The first kappa shape index (κ1) is 11.2. The molecule has 2 aromatic rings. The maximum absolute atomic E-state index is 6.03. The van der Waals surface area contributed by atoms with Crippen LogP contribution < -0.4 is 0 Å². The van der Waals surface area contributed by atoms with E-state index in [2.05, 4.69) is 24.0 Å². The normalized spacial score (nSPS) is 10.4. The molecule has 0 aliphatic heterocycles. The summed E-state index contributed by atoms with van der Waals surface area (Å²) in [4.78, 5) is 4.44. The fourth-order valence-electron chi connectivity index (χ4n) is 1.69. The van der Waals surface area contributed by atoms with E-state index in [0.717, 1.165) is 28.3 Å². The summed E-state index contributed by atoms with van der Waals surface area (Å²) in [6, 6.07) is 10.1. The van der Waals surface area contributed by atoms with Crippen LogP contribution in [0, 0.1) is 6.92 Å².